The molecule has 12 nitrogen and oxygen atoms in total. The van der Waals surface area contributed by atoms with Gasteiger partial charge in [-0.05, 0) is 29.2 Å². The fourth-order valence-electron chi connectivity index (χ4n) is 5.13. The fraction of sp³-hybridized carbons (Fsp3) is 0.314. The summed E-state index contributed by atoms with van der Waals surface area (Å²) in [6.07, 6.45) is -1.63. The molecular weight excluding hydrogens is 677 g/mol. The van der Waals surface area contributed by atoms with Crippen molar-refractivity contribution in [1.29, 1.82) is 0 Å². The summed E-state index contributed by atoms with van der Waals surface area (Å²) in [5.74, 6) is -4.33. The number of carboxylic acid groups (broad SMARTS) is 1. The summed E-state index contributed by atoms with van der Waals surface area (Å²) >= 11 is 12.1. The average molecular weight is 713 g/mol. The van der Waals surface area contributed by atoms with Crippen LogP contribution in [0.25, 0.3) is 0 Å². The molecule has 258 valence electrons. The highest BCUT2D eigenvalue weighted by atomic mass is 35.5. The first kappa shape index (κ1) is 36.9. The number of ketones is 1. The maximum atomic E-state index is 14.0. The second-order valence-corrected chi connectivity index (χ2v) is 12.5. The van der Waals surface area contributed by atoms with Crippen LogP contribution in [0.1, 0.15) is 48.2 Å². The molecule has 0 aliphatic carbocycles. The van der Waals surface area contributed by atoms with Gasteiger partial charge in [0.15, 0.2) is 12.4 Å². The Balaban J connectivity index is 1.50. The van der Waals surface area contributed by atoms with Gasteiger partial charge in [0.2, 0.25) is 5.60 Å². The number of carbonyl (C=O) groups is 5. The number of rotatable bonds is 15. The molecular formula is C35H35Cl2N3O9. The molecule has 1 heterocycles. The lowest BCUT2D eigenvalue weighted by Gasteiger charge is -2.29. The number of nitrogens with one attached hydrogen (secondary N) is 2. The van der Waals surface area contributed by atoms with Crippen LogP contribution in [0.3, 0.4) is 0 Å². The van der Waals surface area contributed by atoms with Crippen LogP contribution in [0.4, 0.5) is 4.79 Å². The van der Waals surface area contributed by atoms with Crippen molar-refractivity contribution in [1.82, 2.24) is 10.6 Å². The third-order valence-electron chi connectivity index (χ3n) is 7.65. The molecule has 3 aromatic rings. The maximum absolute atomic E-state index is 14.0. The van der Waals surface area contributed by atoms with E-state index in [-0.39, 0.29) is 41.0 Å². The van der Waals surface area contributed by atoms with E-state index in [1.165, 1.54) is 18.2 Å². The number of halogens is 2. The van der Waals surface area contributed by atoms with Crippen LogP contribution in [0.2, 0.25) is 10.0 Å². The average Bonchev–Trinajstić information content (AvgIpc) is 3.50. The second kappa shape index (κ2) is 16.9. The molecule has 0 fully saturated rings. The third-order valence-corrected chi connectivity index (χ3v) is 8.28. The van der Waals surface area contributed by atoms with E-state index in [2.05, 4.69) is 15.8 Å². The van der Waals surface area contributed by atoms with Crippen LogP contribution < -0.4 is 10.6 Å². The molecule has 0 bridgehead atoms. The number of ether oxygens (including phenoxy) is 2. The molecule has 3 unspecified atom stereocenters. The molecule has 4 rings (SSSR count). The number of oxime groups is 1. The maximum Gasteiger partial charge on any atom is 0.408 e. The number of alkyl carbamates (subject to hydrolysis) is 1. The quantitative estimate of drug-likeness (QED) is 0.175. The zero-order valence-electron chi connectivity index (χ0n) is 26.7. The Morgan fingerprint density at radius 1 is 0.878 bits per heavy atom. The van der Waals surface area contributed by atoms with Gasteiger partial charge in [-0.25, -0.2) is 9.59 Å². The number of carboxylic acids is 1. The molecule has 3 aromatic carbocycles. The van der Waals surface area contributed by atoms with Crippen molar-refractivity contribution in [3.63, 3.8) is 0 Å². The van der Waals surface area contributed by atoms with Crippen LogP contribution in [-0.4, -0.2) is 64.8 Å². The highest BCUT2D eigenvalue weighted by molar-refractivity contribution is 6.39. The Kier molecular flexibility index (Phi) is 12.8. The highest BCUT2D eigenvalue weighted by Crippen LogP contribution is 2.32. The first-order chi connectivity index (χ1) is 23.4. The molecule has 1 aliphatic heterocycles. The van der Waals surface area contributed by atoms with Gasteiger partial charge >= 0.3 is 18.0 Å². The van der Waals surface area contributed by atoms with Gasteiger partial charge in [-0.3, -0.25) is 14.4 Å². The number of hydrogen-bond acceptors (Lipinski definition) is 9. The van der Waals surface area contributed by atoms with Gasteiger partial charge in [0.25, 0.3) is 5.91 Å². The molecule has 0 spiro atoms. The molecule has 49 heavy (non-hydrogen) atoms. The zero-order valence-corrected chi connectivity index (χ0v) is 28.2. The van der Waals surface area contributed by atoms with E-state index in [0.717, 1.165) is 5.56 Å². The lowest BCUT2D eigenvalue weighted by atomic mass is 9.84. The van der Waals surface area contributed by atoms with E-state index in [0.29, 0.717) is 11.3 Å². The summed E-state index contributed by atoms with van der Waals surface area (Å²) in [6, 6.07) is 20.1. The van der Waals surface area contributed by atoms with Gasteiger partial charge < -0.3 is 30.1 Å². The van der Waals surface area contributed by atoms with Crippen LogP contribution in [0.5, 0.6) is 0 Å². The molecule has 3 N–H and O–H groups in total. The Morgan fingerprint density at radius 3 is 2.08 bits per heavy atom. The summed E-state index contributed by atoms with van der Waals surface area (Å²) in [7, 11) is 0. The van der Waals surface area contributed by atoms with Crippen LogP contribution in [-0.2, 0) is 41.7 Å². The lowest BCUT2D eigenvalue weighted by molar-refractivity contribution is -0.148. The summed E-state index contributed by atoms with van der Waals surface area (Å²) in [6.45, 7) is 2.86. The molecule has 1 aliphatic rings. The van der Waals surface area contributed by atoms with E-state index in [1.54, 1.807) is 30.3 Å². The van der Waals surface area contributed by atoms with Gasteiger partial charge in [0.05, 0.1) is 33.8 Å². The van der Waals surface area contributed by atoms with Crippen LogP contribution in [0, 0.1) is 5.92 Å². The fourth-order valence-corrected chi connectivity index (χ4v) is 5.68. The Bertz CT molecular complexity index is 1680. The first-order valence-electron chi connectivity index (χ1n) is 15.3. The number of amides is 2. The van der Waals surface area contributed by atoms with E-state index in [4.69, 9.17) is 37.5 Å². The first-order valence-corrected chi connectivity index (χ1v) is 16.1. The monoisotopic (exact) mass is 711 g/mol. The number of esters is 1. The standard InChI is InChI=1S/C35H35Cl2N3O9/c1-21(2)31(39-34(46)48-19-23-12-7-4-8-13-23)27-18-35(49-40-27,17-22-10-5-3-6-11-22)33(45)38-26(16-29(42)43)28(41)20-47-32(44)30-24(36)14-9-15-25(30)37/h3-15,21,26,31H,16-20H2,1-2H3,(H,38,45)(H,39,46)(H,42,43). The van der Waals surface area contributed by atoms with Gasteiger partial charge in [0.1, 0.15) is 12.6 Å². The number of nitrogens with zero attached hydrogens (tertiary/aromatic N) is 1. The molecule has 14 heteroatoms. The van der Waals surface area contributed by atoms with Gasteiger partial charge in [-0.2, -0.15) is 0 Å². The lowest BCUT2D eigenvalue weighted by Crippen LogP contribution is -2.55. The molecule has 3 atom stereocenters. The number of benzene rings is 3. The zero-order chi connectivity index (χ0) is 35.6. The van der Waals surface area contributed by atoms with Crippen molar-refractivity contribution in [2.45, 2.75) is 57.4 Å². The topological polar surface area (TPSA) is 170 Å². The van der Waals surface area contributed by atoms with E-state index >= 15 is 0 Å². The van der Waals surface area contributed by atoms with E-state index in [1.807, 2.05) is 44.2 Å². The number of Topliss-reactive ketones (excluding diaryl/α,β-unsaturated/α-hetero) is 1. The second-order valence-electron chi connectivity index (χ2n) is 11.7. The van der Waals surface area contributed by atoms with Crippen LogP contribution in [0.15, 0.2) is 84.0 Å². The van der Waals surface area contributed by atoms with Crippen molar-refractivity contribution in [2.24, 2.45) is 11.1 Å². The number of aliphatic carboxylic acids is 1. The Morgan fingerprint density at radius 2 is 1.49 bits per heavy atom. The van der Waals surface area contributed by atoms with Crippen molar-refractivity contribution in [3.8, 4) is 0 Å². The molecule has 0 radical (unpaired) electrons. The van der Waals surface area contributed by atoms with Crippen molar-refractivity contribution in [2.75, 3.05) is 6.61 Å². The Labute approximate surface area is 292 Å². The smallest absolute Gasteiger partial charge is 0.408 e. The number of carbonyl (C=O) groups excluding carboxylic acids is 4. The van der Waals surface area contributed by atoms with Gasteiger partial charge in [-0.15, -0.1) is 0 Å². The Hall–Kier alpha value is -4.94. The largest absolute Gasteiger partial charge is 0.481 e. The minimum Gasteiger partial charge on any atom is -0.481 e. The van der Waals surface area contributed by atoms with Crippen molar-refractivity contribution >= 4 is 58.6 Å². The van der Waals surface area contributed by atoms with Crippen molar-refractivity contribution < 1.29 is 43.4 Å². The number of hydrogen-bond donors (Lipinski definition) is 3. The minimum atomic E-state index is -1.72. The molecule has 0 saturated carbocycles. The molecule has 0 aromatic heterocycles. The molecule has 0 saturated heterocycles. The predicted octanol–water partition coefficient (Wildman–Crippen LogP) is 5.39. The van der Waals surface area contributed by atoms with Gasteiger partial charge in [0, 0.05) is 12.8 Å². The van der Waals surface area contributed by atoms with Crippen LogP contribution >= 0.6 is 23.2 Å². The summed E-state index contributed by atoms with van der Waals surface area (Å²) < 4.78 is 10.5. The summed E-state index contributed by atoms with van der Waals surface area (Å²) in [5.41, 5.74) is -0.0631. The van der Waals surface area contributed by atoms with Crippen molar-refractivity contribution in [3.05, 3.63) is 106 Å². The van der Waals surface area contributed by atoms with E-state index in [9.17, 15) is 29.1 Å². The predicted molar refractivity (Wildman–Crippen MR) is 180 cm³/mol. The molecule has 2 amide bonds. The van der Waals surface area contributed by atoms with Gasteiger partial charge in [-0.1, -0.05) is 109 Å². The summed E-state index contributed by atoms with van der Waals surface area (Å²) in [5, 5.41) is 19.1. The third kappa shape index (κ3) is 10.0. The highest BCUT2D eigenvalue weighted by Gasteiger charge is 2.49. The SMILES string of the molecule is CC(C)C(NC(=O)OCc1ccccc1)C1=NOC(Cc2ccccc2)(C(=O)NC(CC(=O)O)C(=O)COC(=O)c2c(Cl)cccc2Cl)C1. The normalized spacial score (nSPS) is 16.5. The summed E-state index contributed by atoms with van der Waals surface area (Å²) in [4.78, 5) is 70.2. The van der Waals surface area contributed by atoms with E-state index < -0.39 is 60.4 Å². The minimum absolute atomic E-state index is 0.00368.